The first kappa shape index (κ1) is 15.8. The normalized spacial score (nSPS) is 35.4. The molecule has 1 spiro atoms. The second kappa shape index (κ2) is 5.14. The third-order valence-corrected chi connectivity index (χ3v) is 5.41. The van der Waals surface area contributed by atoms with Crippen LogP contribution in [0.5, 0.6) is 0 Å². The summed E-state index contributed by atoms with van der Waals surface area (Å²) in [5, 5.41) is 22.5. The van der Waals surface area contributed by atoms with Crippen molar-refractivity contribution in [3.63, 3.8) is 0 Å². The molecular formula is C18H19N5O2+2. The Kier molecular flexibility index (Phi) is 3.25. The van der Waals surface area contributed by atoms with E-state index in [0.29, 0.717) is 13.2 Å². The number of amidine groups is 1. The van der Waals surface area contributed by atoms with Crippen LogP contribution in [0.25, 0.3) is 0 Å². The van der Waals surface area contributed by atoms with Gasteiger partial charge in [-0.25, -0.2) is 4.99 Å². The van der Waals surface area contributed by atoms with E-state index in [-0.39, 0.29) is 5.84 Å². The molecule has 5 N–H and O–H groups in total. The predicted octanol–water partition coefficient (Wildman–Crippen LogP) is -1.62. The minimum atomic E-state index is -1.44. The van der Waals surface area contributed by atoms with E-state index >= 15 is 0 Å². The Balaban J connectivity index is 2.03. The zero-order valence-corrected chi connectivity index (χ0v) is 13.8. The smallest absolute Gasteiger partial charge is 0.311 e. The lowest BCUT2D eigenvalue weighted by atomic mass is 9.57. The van der Waals surface area contributed by atoms with E-state index in [2.05, 4.69) is 17.1 Å². The third-order valence-electron chi connectivity index (χ3n) is 5.41. The van der Waals surface area contributed by atoms with Gasteiger partial charge in [0, 0.05) is 18.6 Å². The molecule has 7 nitrogen and oxygen atoms in total. The van der Waals surface area contributed by atoms with Crippen LogP contribution in [-0.4, -0.2) is 25.0 Å². The largest absolute Gasteiger partial charge is 0.347 e. The number of hydrogen-bond donors (Lipinski definition) is 3. The first-order valence-electron chi connectivity index (χ1n) is 8.16. The van der Waals surface area contributed by atoms with Gasteiger partial charge in [0.05, 0.1) is 25.4 Å². The molecule has 0 aliphatic carbocycles. The molecule has 1 fully saturated rings. The van der Waals surface area contributed by atoms with Crippen molar-refractivity contribution in [2.45, 2.75) is 18.9 Å². The number of rotatable bonds is 1. The van der Waals surface area contributed by atoms with E-state index in [1.54, 1.807) is 6.08 Å². The number of allylic oxidation sites excluding steroid dienone is 1. The van der Waals surface area contributed by atoms with Gasteiger partial charge in [-0.1, -0.05) is 30.3 Å². The monoisotopic (exact) mass is 337 g/mol. The van der Waals surface area contributed by atoms with E-state index in [4.69, 9.17) is 15.2 Å². The van der Waals surface area contributed by atoms with Gasteiger partial charge in [-0.3, -0.25) is 5.73 Å². The second-order valence-electron chi connectivity index (χ2n) is 6.64. The molecule has 0 aromatic heterocycles. The van der Waals surface area contributed by atoms with Crippen LogP contribution in [0.3, 0.4) is 0 Å². The summed E-state index contributed by atoms with van der Waals surface area (Å²) in [5.74, 6) is -1.24. The highest BCUT2D eigenvalue weighted by molar-refractivity contribution is 5.89. The molecule has 0 radical (unpaired) electrons. The van der Waals surface area contributed by atoms with Crippen LogP contribution in [0.4, 0.5) is 0 Å². The van der Waals surface area contributed by atoms with Gasteiger partial charge in [0.1, 0.15) is 11.7 Å². The van der Waals surface area contributed by atoms with Crippen molar-refractivity contribution in [1.82, 2.24) is 0 Å². The van der Waals surface area contributed by atoms with Gasteiger partial charge in [0.2, 0.25) is 10.8 Å². The fourth-order valence-electron chi connectivity index (χ4n) is 4.38. The fraction of sp³-hybridized carbons (Fsp3) is 0.389. The second-order valence-corrected chi connectivity index (χ2v) is 6.64. The molecule has 0 saturated carbocycles. The maximum atomic E-state index is 10.3. The Hall–Kier alpha value is -2.71. The molecule has 0 amide bonds. The summed E-state index contributed by atoms with van der Waals surface area (Å²) in [7, 11) is 0. The van der Waals surface area contributed by atoms with Crippen molar-refractivity contribution < 1.29 is 19.8 Å². The lowest BCUT2D eigenvalue weighted by molar-refractivity contribution is -0.689. The van der Waals surface area contributed by atoms with Crippen LogP contribution >= 0.6 is 0 Å². The van der Waals surface area contributed by atoms with Crippen LogP contribution in [-0.2, 0) is 9.47 Å². The Bertz CT molecular complexity index is 860. The molecule has 7 heteroatoms. The van der Waals surface area contributed by atoms with E-state index in [0.717, 1.165) is 11.3 Å². The Labute approximate surface area is 145 Å². The summed E-state index contributed by atoms with van der Waals surface area (Å²) in [4.78, 5) is 3.02. The topological polar surface area (TPSA) is 123 Å². The summed E-state index contributed by atoms with van der Waals surface area (Å²) in [6.07, 6.45) is 1.76. The molecule has 1 saturated heterocycles. The van der Waals surface area contributed by atoms with Crippen LogP contribution < -0.4 is 16.0 Å². The molecule has 3 atom stereocenters. The summed E-state index contributed by atoms with van der Waals surface area (Å²) in [6.45, 7) is 2.57. The van der Waals surface area contributed by atoms with Gasteiger partial charge >= 0.3 is 5.91 Å². The molecule has 1 aromatic carbocycles. The summed E-state index contributed by atoms with van der Waals surface area (Å²) < 4.78 is 11.7. The Morgan fingerprint density at radius 2 is 1.88 bits per heavy atom. The van der Waals surface area contributed by atoms with Crippen molar-refractivity contribution in [2.24, 2.45) is 16.6 Å². The maximum Gasteiger partial charge on any atom is 0.347 e. The average Bonchev–Trinajstić information content (AvgIpc) is 3.18. The molecule has 126 valence electrons. The molecular weight excluding hydrogens is 318 g/mol. The van der Waals surface area contributed by atoms with Gasteiger partial charge < -0.3 is 14.8 Å². The number of nitrogens with one attached hydrogen (secondary N) is 1. The van der Waals surface area contributed by atoms with Gasteiger partial charge in [0.25, 0.3) is 5.84 Å². The first-order chi connectivity index (χ1) is 12.1. The van der Waals surface area contributed by atoms with E-state index in [9.17, 15) is 10.5 Å². The van der Waals surface area contributed by atoms with Gasteiger partial charge in [0.15, 0.2) is 0 Å². The molecule has 3 aliphatic heterocycles. The van der Waals surface area contributed by atoms with Crippen LogP contribution in [0.1, 0.15) is 18.5 Å². The number of ether oxygens (including phenoxy) is 2. The number of benzene rings is 1. The summed E-state index contributed by atoms with van der Waals surface area (Å²) >= 11 is 0. The Morgan fingerprint density at radius 3 is 2.48 bits per heavy atom. The van der Waals surface area contributed by atoms with E-state index in [1.807, 2.05) is 42.6 Å². The quantitative estimate of drug-likeness (QED) is 0.568. The van der Waals surface area contributed by atoms with Gasteiger partial charge in [-0.15, -0.1) is 0 Å². The van der Waals surface area contributed by atoms with E-state index in [1.165, 1.54) is 0 Å². The zero-order valence-electron chi connectivity index (χ0n) is 13.8. The lowest BCUT2D eigenvalue weighted by Crippen LogP contribution is -2.90. The third kappa shape index (κ3) is 1.70. The fourth-order valence-corrected chi connectivity index (χ4v) is 4.38. The van der Waals surface area contributed by atoms with Crippen LogP contribution in [0.15, 0.2) is 42.1 Å². The maximum absolute atomic E-state index is 10.3. The molecule has 3 heterocycles. The molecule has 0 unspecified atom stereocenters. The standard InChI is InChI=1S/C18H17N5O2/c1-12-9-16(10-19)17(11-20,14(22-12)13-5-3-2-4-6-13)15(21)23-18(16)24-7-8-25-18/h2-6,9,14,22H,7-8H2,1H3,(H2,21,23)/p+2/t14-,16+,17-/m0/s1. The van der Waals surface area contributed by atoms with Crippen molar-refractivity contribution in [2.75, 3.05) is 13.2 Å². The van der Waals surface area contributed by atoms with Crippen molar-refractivity contribution >= 4 is 5.84 Å². The molecule has 0 bridgehead atoms. The lowest BCUT2D eigenvalue weighted by Gasteiger charge is -2.42. The molecule has 1 aromatic rings. The van der Waals surface area contributed by atoms with Gasteiger partial charge in [-0.2, -0.15) is 10.5 Å². The van der Waals surface area contributed by atoms with E-state index < -0.39 is 22.8 Å². The number of nitrogens with zero attached hydrogens (tertiary/aromatic N) is 2. The molecule has 25 heavy (non-hydrogen) atoms. The number of quaternary nitrogens is 1. The predicted molar refractivity (Wildman–Crippen MR) is 85.7 cm³/mol. The zero-order chi connectivity index (χ0) is 17.7. The van der Waals surface area contributed by atoms with Crippen LogP contribution in [0.2, 0.25) is 0 Å². The highest BCUT2D eigenvalue weighted by Gasteiger charge is 2.82. The highest BCUT2D eigenvalue weighted by atomic mass is 16.8. The van der Waals surface area contributed by atoms with Crippen molar-refractivity contribution in [1.29, 1.82) is 10.5 Å². The minimum Gasteiger partial charge on any atom is -0.311 e. The highest BCUT2D eigenvalue weighted by Crippen LogP contribution is 2.57. The van der Waals surface area contributed by atoms with Crippen molar-refractivity contribution in [3.05, 3.63) is 47.7 Å². The molecule has 4 rings (SSSR count). The SMILES string of the molecule is CC1=C[C@]2(C#N)C3([NH+]=C(N)[C@]2(C#N)[C@H](c2ccccc2)[NH2+]1)OCCO3. The summed E-state index contributed by atoms with van der Waals surface area (Å²) in [6, 6.07) is 13.9. The number of nitrogens with two attached hydrogens (primary N) is 2. The molecule has 3 aliphatic rings. The van der Waals surface area contributed by atoms with Crippen molar-refractivity contribution in [3.8, 4) is 12.1 Å². The summed E-state index contributed by atoms with van der Waals surface area (Å²) in [5.41, 5.74) is 5.41. The average molecular weight is 337 g/mol. The minimum absolute atomic E-state index is 0.201. The number of hydrogen-bond acceptors (Lipinski definition) is 5. The number of fused-ring (bicyclic) bond motifs is 2. The van der Waals surface area contributed by atoms with Gasteiger partial charge in [-0.05, 0) is 0 Å². The number of nitriles is 2. The van der Waals surface area contributed by atoms with Crippen LogP contribution in [0, 0.1) is 33.5 Å². The Morgan fingerprint density at radius 1 is 1.20 bits per heavy atom. The first-order valence-corrected chi connectivity index (χ1v) is 8.16.